The van der Waals surface area contributed by atoms with E-state index in [4.69, 9.17) is 5.11 Å². The van der Waals surface area contributed by atoms with Gasteiger partial charge in [0.25, 0.3) is 0 Å². The number of nitrogens with zero attached hydrogens (tertiary/aromatic N) is 2. The summed E-state index contributed by atoms with van der Waals surface area (Å²) in [6, 6.07) is 0.595. The molecule has 0 saturated heterocycles. The van der Waals surface area contributed by atoms with Gasteiger partial charge in [-0.3, -0.25) is 0 Å². The summed E-state index contributed by atoms with van der Waals surface area (Å²) in [5.41, 5.74) is 0. The van der Waals surface area contributed by atoms with Crippen molar-refractivity contribution in [1.29, 1.82) is 0 Å². The number of aliphatic hydroxyl groups excluding tert-OH is 1. The highest BCUT2D eigenvalue weighted by Gasteiger charge is 2.20. The summed E-state index contributed by atoms with van der Waals surface area (Å²) < 4.78 is 0.917. The lowest BCUT2D eigenvalue weighted by atomic mass is 9.83. The lowest BCUT2D eigenvalue weighted by molar-refractivity contribution is 0.236. The van der Waals surface area contributed by atoms with Gasteiger partial charge < -0.3 is 10.4 Å². The molecule has 2 N–H and O–H groups in total. The zero-order valence-corrected chi connectivity index (χ0v) is 12.8. The van der Waals surface area contributed by atoms with Crippen molar-refractivity contribution >= 4 is 15.9 Å². The van der Waals surface area contributed by atoms with Crippen LogP contribution in [0.4, 0.5) is 0 Å². The molecule has 1 aromatic heterocycles. The molecule has 0 radical (unpaired) electrons. The molecule has 2 rings (SSSR count). The largest absolute Gasteiger partial charge is 0.396 e. The van der Waals surface area contributed by atoms with Gasteiger partial charge in [0.15, 0.2) is 0 Å². The minimum atomic E-state index is 0.332. The van der Waals surface area contributed by atoms with Crippen molar-refractivity contribution in [3.05, 3.63) is 22.7 Å². The Balaban J connectivity index is 1.67. The summed E-state index contributed by atoms with van der Waals surface area (Å²) >= 11 is 3.34. The van der Waals surface area contributed by atoms with Gasteiger partial charge in [-0.15, -0.1) is 0 Å². The van der Waals surface area contributed by atoms with E-state index in [0.717, 1.165) is 29.2 Å². The van der Waals surface area contributed by atoms with Gasteiger partial charge in [0.2, 0.25) is 0 Å². The topological polar surface area (TPSA) is 58.0 Å². The van der Waals surface area contributed by atoms with Crippen molar-refractivity contribution in [2.24, 2.45) is 5.92 Å². The van der Waals surface area contributed by atoms with E-state index < -0.39 is 0 Å². The van der Waals surface area contributed by atoms with Crippen LogP contribution in [0.15, 0.2) is 16.9 Å². The van der Waals surface area contributed by atoms with Crippen LogP contribution in [0.25, 0.3) is 0 Å². The second-order valence-corrected chi connectivity index (χ2v) is 6.20. The fourth-order valence-electron chi connectivity index (χ4n) is 2.70. The van der Waals surface area contributed by atoms with Crippen molar-refractivity contribution in [3.8, 4) is 0 Å². The van der Waals surface area contributed by atoms with E-state index in [1.165, 1.54) is 32.1 Å². The lowest BCUT2D eigenvalue weighted by Crippen LogP contribution is -2.33. The molecule has 0 amide bonds. The third-order valence-corrected chi connectivity index (χ3v) is 4.25. The molecule has 0 bridgehead atoms. The van der Waals surface area contributed by atoms with E-state index >= 15 is 0 Å². The maximum Gasteiger partial charge on any atom is 0.142 e. The first-order chi connectivity index (χ1) is 9.28. The predicted molar refractivity (Wildman–Crippen MR) is 78.6 cm³/mol. The number of halogens is 1. The van der Waals surface area contributed by atoms with Crippen LogP contribution < -0.4 is 5.32 Å². The molecule has 19 heavy (non-hydrogen) atoms. The summed E-state index contributed by atoms with van der Waals surface area (Å²) in [6.45, 7) is 1.08. The zero-order chi connectivity index (χ0) is 13.5. The molecule has 4 nitrogen and oxygen atoms in total. The number of hydrogen-bond acceptors (Lipinski definition) is 4. The van der Waals surface area contributed by atoms with Crippen LogP contribution in [0.5, 0.6) is 0 Å². The minimum absolute atomic E-state index is 0.332. The van der Waals surface area contributed by atoms with E-state index in [0.29, 0.717) is 12.6 Å². The number of aromatic nitrogens is 2. The Bertz CT molecular complexity index is 363. The Labute approximate surface area is 123 Å². The first-order valence-electron chi connectivity index (χ1n) is 7.08. The predicted octanol–water partition coefficient (Wildman–Crippen LogP) is 2.66. The van der Waals surface area contributed by atoms with Crippen LogP contribution in [0.2, 0.25) is 0 Å². The molecule has 0 aliphatic heterocycles. The maximum atomic E-state index is 8.85. The molecule has 0 spiro atoms. The van der Waals surface area contributed by atoms with Gasteiger partial charge in [0, 0.05) is 25.0 Å². The van der Waals surface area contributed by atoms with Crippen LogP contribution in [0.3, 0.4) is 0 Å². The lowest BCUT2D eigenvalue weighted by Gasteiger charge is -2.29. The van der Waals surface area contributed by atoms with E-state index in [1.807, 2.05) is 0 Å². The Hall–Kier alpha value is -0.520. The summed E-state index contributed by atoms with van der Waals surface area (Å²) in [5, 5.41) is 12.4. The highest BCUT2D eigenvalue weighted by molar-refractivity contribution is 9.10. The minimum Gasteiger partial charge on any atom is -0.396 e. The summed E-state index contributed by atoms with van der Waals surface area (Å²) in [7, 11) is 0. The highest BCUT2D eigenvalue weighted by Crippen LogP contribution is 2.27. The zero-order valence-electron chi connectivity index (χ0n) is 11.2. The number of hydrogen-bond donors (Lipinski definition) is 2. The summed E-state index contributed by atoms with van der Waals surface area (Å²) in [4.78, 5) is 8.54. The molecular formula is C14H22BrN3O. The number of rotatable bonds is 6. The van der Waals surface area contributed by atoms with E-state index in [2.05, 4.69) is 31.2 Å². The van der Waals surface area contributed by atoms with Crippen LogP contribution >= 0.6 is 15.9 Å². The van der Waals surface area contributed by atoms with Gasteiger partial charge in [-0.25, -0.2) is 9.97 Å². The maximum absolute atomic E-state index is 8.85. The normalized spacial score (nSPS) is 23.5. The van der Waals surface area contributed by atoms with Crippen molar-refractivity contribution in [2.45, 2.75) is 51.1 Å². The molecule has 1 aliphatic carbocycles. The van der Waals surface area contributed by atoms with Crippen molar-refractivity contribution in [3.63, 3.8) is 0 Å². The SMILES string of the molecule is OCCCC1CCC(NCc2ncc(Br)cn2)CC1. The standard InChI is InChI=1S/C14H22BrN3O/c15-12-8-17-14(18-9-12)10-16-13-5-3-11(4-6-13)2-1-7-19/h8-9,11,13,16,19H,1-7,10H2. The second-order valence-electron chi connectivity index (χ2n) is 5.28. The average molecular weight is 328 g/mol. The molecule has 1 aliphatic rings. The molecule has 5 heteroatoms. The van der Waals surface area contributed by atoms with Gasteiger partial charge in [-0.05, 0) is 60.4 Å². The van der Waals surface area contributed by atoms with Crippen LogP contribution in [0.1, 0.15) is 44.3 Å². The Morgan fingerprint density at radius 1 is 1.21 bits per heavy atom. The Kier molecular flexibility index (Phi) is 6.20. The van der Waals surface area contributed by atoms with Crippen LogP contribution in [-0.4, -0.2) is 27.7 Å². The van der Waals surface area contributed by atoms with Crippen LogP contribution in [0, 0.1) is 5.92 Å². The highest BCUT2D eigenvalue weighted by atomic mass is 79.9. The van der Waals surface area contributed by atoms with Gasteiger partial charge in [0.05, 0.1) is 11.0 Å². The first kappa shape index (κ1) is 14.9. The first-order valence-corrected chi connectivity index (χ1v) is 7.88. The van der Waals surface area contributed by atoms with Gasteiger partial charge in [0.1, 0.15) is 5.82 Å². The molecule has 1 heterocycles. The molecule has 1 saturated carbocycles. The molecule has 0 atom stereocenters. The van der Waals surface area contributed by atoms with E-state index in [-0.39, 0.29) is 0 Å². The fraction of sp³-hybridized carbons (Fsp3) is 0.714. The molecule has 0 aromatic carbocycles. The summed E-state index contributed by atoms with van der Waals surface area (Å²) in [5.74, 6) is 1.67. The molecule has 1 fully saturated rings. The van der Waals surface area contributed by atoms with E-state index in [9.17, 15) is 0 Å². The van der Waals surface area contributed by atoms with E-state index in [1.54, 1.807) is 12.4 Å². The van der Waals surface area contributed by atoms with Gasteiger partial charge >= 0.3 is 0 Å². The fourth-order valence-corrected chi connectivity index (χ4v) is 2.91. The summed E-state index contributed by atoms with van der Waals surface area (Å²) in [6.07, 6.45) is 10.7. The Morgan fingerprint density at radius 3 is 2.53 bits per heavy atom. The van der Waals surface area contributed by atoms with Crippen molar-refractivity contribution in [2.75, 3.05) is 6.61 Å². The monoisotopic (exact) mass is 327 g/mol. The molecular weight excluding hydrogens is 306 g/mol. The average Bonchev–Trinajstić information content (AvgIpc) is 2.46. The van der Waals surface area contributed by atoms with Crippen molar-refractivity contribution < 1.29 is 5.11 Å². The number of aliphatic hydroxyl groups is 1. The second kappa shape index (κ2) is 7.92. The third-order valence-electron chi connectivity index (χ3n) is 3.84. The molecule has 106 valence electrons. The quantitative estimate of drug-likeness (QED) is 0.843. The molecule has 1 aromatic rings. The van der Waals surface area contributed by atoms with Gasteiger partial charge in [-0.2, -0.15) is 0 Å². The number of nitrogens with one attached hydrogen (secondary N) is 1. The van der Waals surface area contributed by atoms with Gasteiger partial charge in [-0.1, -0.05) is 0 Å². The smallest absolute Gasteiger partial charge is 0.142 e. The van der Waals surface area contributed by atoms with Crippen LogP contribution in [-0.2, 0) is 6.54 Å². The van der Waals surface area contributed by atoms with Crippen molar-refractivity contribution in [1.82, 2.24) is 15.3 Å². The third kappa shape index (κ3) is 5.16. The Morgan fingerprint density at radius 2 is 1.89 bits per heavy atom. The molecule has 0 unspecified atom stereocenters.